The highest BCUT2D eigenvalue weighted by Crippen LogP contribution is 2.32. The number of carboxylic acid groups (broad SMARTS) is 1. The number of hydrogen-bond acceptors (Lipinski definition) is 7. The van der Waals surface area contributed by atoms with Crippen LogP contribution in [0.3, 0.4) is 0 Å². The number of anilines is 1. The van der Waals surface area contributed by atoms with Crippen LogP contribution < -0.4 is 9.64 Å². The Morgan fingerprint density at radius 2 is 1.93 bits per heavy atom. The van der Waals surface area contributed by atoms with Gasteiger partial charge in [-0.05, 0) is 36.4 Å². The minimum absolute atomic E-state index is 0.0522. The molecule has 1 atom stereocenters. The fourth-order valence-corrected chi connectivity index (χ4v) is 5.18. The third-order valence-electron chi connectivity index (χ3n) is 7.23. The Morgan fingerprint density at radius 3 is 2.65 bits per heavy atom. The number of ether oxygens (including phenoxy) is 2. The van der Waals surface area contributed by atoms with Gasteiger partial charge < -0.3 is 24.0 Å². The number of carbonyl (C=O) groups is 1. The number of methoxy groups -OCH3 is 1. The minimum Gasteiger partial charge on any atom is -0.478 e. The average molecular weight is 622 g/mol. The van der Waals surface area contributed by atoms with Gasteiger partial charge in [-0.2, -0.15) is 18.2 Å². The number of pyridine rings is 1. The van der Waals surface area contributed by atoms with E-state index in [0.717, 1.165) is 0 Å². The van der Waals surface area contributed by atoms with Crippen molar-refractivity contribution >= 4 is 34.4 Å². The van der Waals surface area contributed by atoms with Gasteiger partial charge in [0.05, 0.1) is 29.7 Å². The molecule has 1 saturated heterocycles. The zero-order chi connectivity index (χ0) is 30.7. The van der Waals surface area contributed by atoms with Gasteiger partial charge in [-0.3, -0.25) is 4.90 Å². The van der Waals surface area contributed by atoms with Crippen LogP contribution in [0.15, 0.2) is 54.6 Å². The lowest BCUT2D eigenvalue weighted by atomic mass is 10.1. The second kappa shape index (κ2) is 12.7. The molecule has 3 heterocycles. The van der Waals surface area contributed by atoms with Crippen LogP contribution in [0.1, 0.15) is 21.7 Å². The maximum atomic E-state index is 14.4. The lowest BCUT2D eigenvalue weighted by Gasteiger charge is -2.42. The Morgan fingerprint density at radius 1 is 1.12 bits per heavy atom. The van der Waals surface area contributed by atoms with Gasteiger partial charge in [-0.15, -0.1) is 0 Å². The summed E-state index contributed by atoms with van der Waals surface area (Å²) in [6.07, 6.45) is -4.56. The third kappa shape index (κ3) is 7.00. The number of carboxylic acids is 1. The monoisotopic (exact) mass is 621 g/mol. The van der Waals surface area contributed by atoms with E-state index in [4.69, 9.17) is 21.1 Å². The number of fused-ring (bicyclic) bond motifs is 1. The molecule has 0 saturated carbocycles. The number of halogens is 5. The Kier molecular flexibility index (Phi) is 9.04. The van der Waals surface area contributed by atoms with Gasteiger partial charge in [0, 0.05) is 49.9 Å². The van der Waals surface area contributed by atoms with Crippen LogP contribution in [0.2, 0.25) is 5.02 Å². The number of benzene rings is 2. The summed E-state index contributed by atoms with van der Waals surface area (Å²) >= 11 is 5.79. The van der Waals surface area contributed by atoms with E-state index in [0.29, 0.717) is 29.2 Å². The molecule has 1 aliphatic rings. The summed E-state index contributed by atoms with van der Waals surface area (Å²) in [7, 11) is 1.50. The normalized spacial score (nSPS) is 16.1. The number of nitrogens with zero attached hydrogens (tertiary/aromatic N) is 5. The molecular weight excluding hydrogens is 594 g/mol. The molecule has 0 bridgehead atoms. The smallest absolute Gasteiger partial charge is 0.405 e. The fourth-order valence-electron chi connectivity index (χ4n) is 5.02. The molecule has 9 nitrogen and oxygen atoms in total. The zero-order valence-corrected chi connectivity index (χ0v) is 23.8. The number of rotatable bonds is 10. The first-order valence-electron chi connectivity index (χ1n) is 13.3. The van der Waals surface area contributed by atoms with Crippen molar-refractivity contribution < 1.29 is 36.9 Å². The van der Waals surface area contributed by atoms with Crippen molar-refractivity contribution in [2.24, 2.45) is 0 Å². The number of imidazole rings is 1. The minimum atomic E-state index is -4.56. The highest BCUT2D eigenvalue weighted by atomic mass is 35.5. The topological polar surface area (TPSA) is 93.0 Å². The summed E-state index contributed by atoms with van der Waals surface area (Å²) in [5, 5.41) is 9.67. The molecule has 228 valence electrons. The molecule has 2 aromatic carbocycles. The third-order valence-corrected chi connectivity index (χ3v) is 7.47. The average Bonchev–Trinajstić information content (AvgIpc) is 3.31. The maximum Gasteiger partial charge on any atom is 0.405 e. The standard InChI is InChI=1S/C29H28ClF4N5O4/c1-42-12-11-39-23-13-18(28(40)41)6-8-22(23)35-26(39)16-37-9-10-38(15-24(37)29(32,33)34)25-3-2-4-27(36-25)43-17-19-5-7-20(30)14-21(19)31/h2-8,13-14,24H,9-12,15-17H2,1H3,(H,40,41). The zero-order valence-electron chi connectivity index (χ0n) is 23.0. The Bertz CT molecular complexity index is 1620. The van der Waals surface area contributed by atoms with Crippen LogP contribution in [0.25, 0.3) is 11.0 Å². The molecule has 1 N–H and O–H groups in total. The van der Waals surface area contributed by atoms with E-state index in [1.807, 2.05) is 0 Å². The van der Waals surface area contributed by atoms with E-state index in [2.05, 4.69) is 9.97 Å². The number of aromatic nitrogens is 3. The molecule has 4 aromatic rings. The second-order valence-electron chi connectivity index (χ2n) is 10.0. The van der Waals surface area contributed by atoms with Gasteiger partial charge in [0.15, 0.2) is 0 Å². The summed E-state index contributed by atoms with van der Waals surface area (Å²) < 4.78 is 69.9. The Hall–Kier alpha value is -3.94. The summed E-state index contributed by atoms with van der Waals surface area (Å²) in [5.41, 5.74) is 1.31. The summed E-state index contributed by atoms with van der Waals surface area (Å²) in [6, 6.07) is 11.6. The maximum absolute atomic E-state index is 14.4. The molecular formula is C29H28ClF4N5O4. The van der Waals surface area contributed by atoms with Crippen molar-refractivity contribution in [2.45, 2.75) is 31.9 Å². The van der Waals surface area contributed by atoms with Crippen molar-refractivity contribution in [1.29, 1.82) is 0 Å². The number of aromatic carboxylic acids is 1. The summed E-state index contributed by atoms with van der Waals surface area (Å²) in [5.74, 6) is -0.829. The van der Waals surface area contributed by atoms with Crippen LogP contribution >= 0.6 is 11.6 Å². The Labute approximate surface area is 249 Å². The first-order chi connectivity index (χ1) is 20.5. The van der Waals surface area contributed by atoms with Crippen molar-refractivity contribution in [1.82, 2.24) is 19.4 Å². The number of piperazine rings is 1. The van der Waals surface area contributed by atoms with Crippen molar-refractivity contribution in [3.63, 3.8) is 0 Å². The van der Waals surface area contributed by atoms with Gasteiger partial charge in [-0.25, -0.2) is 14.2 Å². The lowest BCUT2D eigenvalue weighted by molar-refractivity contribution is -0.186. The van der Waals surface area contributed by atoms with Crippen molar-refractivity contribution in [3.8, 4) is 5.88 Å². The van der Waals surface area contributed by atoms with Crippen LogP contribution in [-0.4, -0.2) is 76.1 Å². The first kappa shape index (κ1) is 30.5. The van der Waals surface area contributed by atoms with Crippen LogP contribution in [0.5, 0.6) is 5.88 Å². The van der Waals surface area contributed by atoms with E-state index >= 15 is 0 Å². The van der Waals surface area contributed by atoms with Gasteiger partial charge >= 0.3 is 12.1 Å². The van der Waals surface area contributed by atoms with E-state index in [1.165, 1.54) is 47.2 Å². The largest absolute Gasteiger partial charge is 0.478 e. The second-order valence-corrected chi connectivity index (χ2v) is 10.4. The van der Waals surface area contributed by atoms with Gasteiger partial charge in [-0.1, -0.05) is 23.7 Å². The molecule has 0 spiro atoms. The number of alkyl halides is 3. The lowest BCUT2D eigenvalue weighted by Crippen LogP contribution is -2.59. The van der Waals surface area contributed by atoms with Crippen LogP contribution in [-0.2, 0) is 24.4 Å². The molecule has 0 amide bonds. The molecule has 1 unspecified atom stereocenters. The highest BCUT2D eigenvalue weighted by Gasteiger charge is 2.47. The van der Waals surface area contributed by atoms with E-state index in [1.54, 1.807) is 28.8 Å². The fraction of sp³-hybridized carbons (Fsp3) is 0.345. The highest BCUT2D eigenvalue weighted by molar-refractivity contribution is 6.30. The van der Waals surface area contributed by atoms with E-state index < -0.39 is 24.0 Å². The van der Waals surface area contributed by atoms with Crippen molar-refractivity contribution in [2.75, 3.05) is 38.3 Å². The molecule has 5 rings (SSSR count). The van der Waals surface area contributed by atoms with E-state index in [-0.39, 0.29) is 61.4 Å². The SMILES string of the molecule is COCCn1c(CN2CCN(c3cccc(OCc4ccc(Cl)cc4F)n3)CC2C(F)(F)F)nc2ccc(C(=O)O)cc21. The summed E-state index contributed by atoms with van der Waals surface area (Å²) in [4.78, 5) is 23.3. The molecule has 0 radical (unpaired) electrons. The van der Waals surface area contributed by atoms with Crippen molar-refractivity contribution in [3.05, 3.63) is 82.4 Å². The van der Waals surface area contributed by atoms with Gasteiger partial charge in [0.1, 0.15) is 30.1 Å². The predicted octanol–water partition coefficient (Wildman–Crippen LogP) is 5.40. The van der Waals surface area contributed by atoms with Crippen LogP contribution in [0.4, 0.5) is 23.4 Å². The van der Waals surface area contributed by atoms with Gasteiger partial charge in [0.2, 0.25) is 5.88 Å². The molecule has 2 aromatic heterocycles. The molecule has 1 aliphatic heterocycles. The van der Waals surface area contributed by atoms with Crippen LogP contribution in [0, 0.1) is 5.82 Å². The molecule has 43 heavy (non-hydrogen) atoms. The molecule has 0 aliphatic carbocycles. The predicted molar refractivity (Wildman–Crippen MR) is 151 cm³/mol. The summed E-state index contributed by atoms with van der Waals surface area (Å²) in [6.45, 7) is 0.239. The quantitative estimate of drug-likeness (QED) is 0.235. The molecule has 1 fully saturated rings. The molecule has 14 heteroatoms. The Balaban J connectivity index is 1.35. The first-order valence-corrected chi connectivity index (χ1v) is 13.7. The number of hydrogen-bond donors (Lipinski definition) is 1. The van der Waals surface area contributed by atoms with E-state index in [9.17, 15) is 27.5 Å². The van der Waals surface area contributed by atoms with Gasteiger partial charge in [0.25, 0.3) is 0 Å².